The van der Waals surface area contributed by atoms with Crippen molar-refractivity contribution >= 4 is 39.2 Å². The van der Waals surface area contributed by atoms with Crippen molar-refractivity contribution in [1.82, 2.24) is 14.9 Å². The molecule has 0 radical (unpaired) electrons. The summed E-state index contributed by atoms with van der Waals surface area (Å²) in [5.74, 6) is 0.451. The number of aromatic nitrogens is 2. The summed E-state index contributed by atoms with van der Waals surface area (Å²) >= 11 is 3.28. The van der Waals surface area contributed by atoms with Crippen molar-refractivity contribution in [3.05, 3.63) is 42.1 Å². The maximum absolute atomic E-state index is 12.4. The number of hydrogen-bond acceptors (Lipinski definition) is 5. The van der Waals surface area contributed by atoms with Gasteiger partial charge in [0.15, 0.2) is 0 Å². The minimum Gasteiger partial charge on any atom is -0.335 e. The lowest BCUT2D eigenvalue weighted by atomic mass is 10.2. The molecule has 120 valence electrons. The lowest BCUT2D eigenvalue weighted by Crippen LogP contribution is -2.32. The highest BCUT2D eigenvalue weighted by molar-refractivity contribution is 8.00. The van der Waals surface area contributed by atoms with Gasteiger partial charge in [-0.25, -0.2) is 9.97 Å². The average Bonchev–Trinajstić information content (AvgIpc) is 3.13. The van der Waals surface area contributed by atoms with Crippen LogP contribution in [0, 0.1) is 0 Å². The van der Waals surface area contributed by atoms with Crippen molar-refractivity contribution in [2.45, 2.75) is 24.3 Å². The van der Waals surface area contributed by atoms with Gasteiger partial charge in [0, 0.05) is 23.4 Å². The molecule has 4 nitrogen and oxygen atoms in total. The maximum atomic E-state index is 12.4. The van der Waals surface area contributed by atoms with Gasteiger partial charge in [0.25, 0.3) is 0 Å². The Morgan fingerprint density at radius 2 is 2.09 bits per heavy atom. The highest BCUT2D eigenvalue weighted by atomic mass is 32.2. The molecule has 0 N–H and O–H groups in total. The Hall–Kier alpha value is -1.66. The summed E-state index contributed by atoms with van der Waals surface area (Å²) in [5, 5.41) is 2.10. The molecule has 0 fully saturated rings. The van der Waals surface area contributed by atoms with Gasteiger partial charge in [-0.1, -0.05) is 23.9 Å². The SMILES string of the molecule is C=CCN(CC=C)C(=O)CSc1ncnc2sc3c(c12)CCC3. The van der Waals surface area contributed by atoms with Gasteiger partial charge in [-0.2, -0.15) is 0 Å². The van der Waals surface area contributed by atoms with Crippen LogP contribution in [0.4, 0.5) is 0 Å². The second-order valence-electron chi connectivity index (χ2n) is 5.38. The summed E-state index contributed by atoms with van der Waals surface area (Å²) in [6.45, 7) is 8.49. The van der Waals surface area contributed by atoms with E-state index in [1.165, 1.54) is 34.0 Å². The molecule has 2 aromatic rings. The Bertz CT molecular complexity index is 744. The summed E-state index contributed by atoms with van der Waals surface area (Å²) in [6, 6.07) is 0. The third kappa shape index (κ3) is 3.33. The van der Waals surface area contributed by atoms with Crippen LogP contribution in [-0.4, -0.2) is 39.6 Å². The number of carbonyl (C=O) groups excluding carboxylic acids is 1. The van der Waals surface area contributed by atoms with Crippen molar-refractivity contribution in [1.29, 1.82) is 0 Å². The first-order valence-electron chi connectivity index (χ1n) is 7.62. The smallest absolute Gasteiger partial charge is 0.233 e. The molecule has 0 unspecified atom stereocenters. The van der Waals surface area contributed by atoms with Crippen LogP contribution in [0.25, 0.3) is 10.2 Å². The number of thiophene rings is 1. The predicted octanol–water partition coefficient (Wildman–Crippen LogP) is 3.47. The van der Waals surface area contributed by atoms with Gasteiger partial charge >= 0.3 is 0 Å². The van der Waals surface area contributed by atoms with E-state index in [0.29, 0.717) is 18.8 Å². The van der Waals surface area contributed by atoms with Crippen LogP contribution in [0.3, 0.4) is 0 Å². The Morgan fingerprint density at radius 3 is 2.83 bits per heavy atom. The van der Waals surface area contributed by atoms with Gasteiger partial charge in [-0.3, -0.25) is 4.79 Å². The number of nitrogens with zero attached hydrogens (tertiary/aromatic N) is 3. The minimum atomic E-state index is 0.0773. The van der Waals surface area contributed by atoms with E-state index >= 15 is 0 Å². The molecule has 0 bridgehead atoms. The number of rotatable bonds is 7. The quantitative estimate of drug-likeness (QED) is 0.438. The highest BCUT2D eigenvalue weighted by Crippen LogP contribution is 2.39. The zero-order valence-electron chi connectivity index (χ0n) is 13.0. The zero-order chi connectivity index (χ0) is 16.2. The zero-order valence-corrected chi connectivity index (χ0v) is 14.6. The third-order valence-corrected chi connectivity index (χ3v) is 6.02. The molecular formula is C17H19N3OS2. The van der Waals surface area contributed by atoms with E-state index < -0.39 is 0 Å². The van der Waals surface area contributed by atoms with Crippen molar-refractivity contribution in [3.63, 3.8) is 0 Å². The molecule has 3 rings (SSSR count). The van der Waals surface area contributed by atoms with Crippen molar-refractivity contribution in [3.8, 4) is 0 Å². The second-order valence-corrected chi connectivity index (χ2v) is 7.43. The molecule has 1 aliphatic carbocycles. The molecule has 6 heteroatoms. The number of amides is 1. The van der Waals surface area contributed by atoms with E-state index in [4.69, 9.17) is 0 Å². The summed E-state index contributed by atoms with van der Waals surface area (Å²) in [5.41, 5.74) is 1.40. The van der Waals surface area contributed by atoms with E-state index in [2.05, 4.69) is 23.1 Å². The Labute approximate surface area is 144 Å². The monoisotopic (exact) mass is 345 g/mol. The fourth-order valence-corrected chi connectivity index (χ4v) is 5.04. The van der Waals surface area contributed by atoms with E-state index in [0.717, 1.165) is 22.7 Å². The third-order valence-electron chi connectivity index (χ3n) is 3.85. The van der Waals surface area contributed by atoms with E-state index in [1.807, 2.05) is 0 Å². The lowest BCUT2D eigenvalue weighted by molar-refractivity contribution is -0.127. The first-order valence-corrected chi connectivity index (χ1v) is 9.42. The van der Waals surface area contributed by atoms with Crippen LogP contribution in [0.5, 0.6) is 0 Å². The standard InChI is InChI=1S/C17H19N3OS2/c1-3-8-20(9-4-2)14(21)10-22-16-15-12-6-5-7-13(12)23-17(15)19-11-18-16/h3-4,11H,1-2,5-10H2. The number of carbonyl (C=O) groups is 1. The molecule has 1 aliphatic rings. The minimum absolute atomic E-state index is 0.0773. The summed E-state index contributed by atoms with van der Waals surface area (Å²) in [6.07, 6.45) is 8.53. The molecule has 0 saturated heterocycles. The lowest BCUT2D eigenvalue weighted by Gasteiger charge is -2.18. The average molecular weight is 345 g/mol. The number of thioether (sulfide) groups is 1. The highest BCUT2D eigenvalue weighted by Gasteiger charge is 2.22. The largest absolute Gasteiger partial charge is 0.335 e. The van der Waals surface area contributed by atoms with Gasteiger partial charge in [-0.05, 0) is 24.8 Å². The molecule has 23 heavy (non-hydrogen) atoms. The second kappa shape index (κ2) is 7.27. The fourth-order valence-electron chi connectivity index (χ4n) is 2.82. The number of aryl methyl sites for hydroxylation is 2. The van der Waals surface area contributed by atoms with Gasteiger partial charge in [0.1, 0.15) is 16.2 Å². The van der Waals surface area contributed by atoms with Crippen molar-refractivity contribution in [2.75, 3.05) is 18.8 Å². The van der Waals surface area contributed by atoms with Crippen LogP contribution in [-0.2, 0) is 17.6 Å². The first-order chi connectivity index (χ1) is 11.2. The number of fused-ring (bicyclic) bond motifs is 3. The normalized spacial score (nSPS) is 13.0. The molecule has 0 saturated carbocycles. The van der Waals surface area contributed by atoms with Crippen LogP contribution in [0.15, 0.2) is 36.7 Å². The topological polar surface area (TPSA) is 46.1 Å². The van der Waals surface area contributed by atoms with Crippen molar-refractivity contribution in [2.24, 2.45) is 0 Å². The van der Waals surface area contributed by atoms with Gasteiger partial charge in [0.2, 0.25) is 5.91 Å². The molecule has 0 spiro atoms. The molecule has 0 atom stereocenters. The molecule has 0 aromatic carbocycles. The molecular weight excluding hydrogens is 326 g/mol. The maximum Gasteiger partial charge on any atom is 0.233 e. The summed E-state index contributed by atoms with van der Waals surface area (Å²) in [7, 11) is 0. The van der Waals surface area contributed by atoms with Crippen LogP contribution in [0.1, 0.15) is 16.9 Å². The number of hydrogen-bond donors (Lipinski definition) is 0. The van der Waals surface area contributed by atoms with E-state index in [9.17, 15) is 4.79 Å². The van der Waals surface area contributed by atoms with Gasteiger partial charge in [-0.15, -0.1) is 24.5 Å². The fraction of sp³-hybridized carbons (Fsp3) is 0.353. The Kier molecular flexibility index (Phi) is 5.13. The first kappa shape index (κ1) is 16.2. The summed E-state index contributed by atoms with van der Waals surface area (Å²) < 4.78 is 0. The van der Waals surface area contributed by atoms with Crippen molar-refractivity contribution < 1.29 is 4.79 Å². The molecule has 0 aliphatic heterocycles. The van der Waals surface area contributed by atoms with E-state index in [-0.39, 0.29) is 5.91 Å². The Balaban J connectivity index is 1.78. The molecule has 2 heterocycles. The Morgan fingerprint density at radius 1 is 1.30 bits per heavy atom. The molecule has 2 aromatic heterocycles. The van der Waals surface area contributed by atoms with Crippen LogP contribution >= 0.6 is 23.1 Å². The molecule has 1 amide bonds. The summed E-state index contributed by atoms with van der Waals surface area (Å²) in [4.78, 5) is 25.4. The van der Waals surface area contributed by atoms with Gasteiger partial charge < -0.3 is 4.90 Å². The van der Waals surface area contributed by atoms with E-state index in [1.54, 1.807) is 34.7 Å². The predicted molar refractivity (Wildman–Crippen MR) is 97.1 cm³/mol. The van der Waals surface area contributed by atoms with Crippen LogP contribution in [0.2, 0.25) is 0 Å². The van der Waals surface area contributed by atoms with Gasteiger partial charge in [0.05, 0.1) is 5.75 Å². The van der Waals surface area contributed by atoms with Crippen LogP contribution < -0.4 is 0 Å².